The standard InChI is InChI=1S/C21H24O3/c1-4-23-21(22)13-11-17-10-12-20(19(14-17)16(2)3)24-15-18-8-6-5-7-9-18/h5-14,16H,4,15H2,1-3H3. The van der Waals surface area contributed by atoms with Crippen molar-refractivity contribution in [3.8, 4) is 5.75 Å². The average Bonchev–Trinajstić information content (AvgIpc) is 2.59. The summed E-state index contributed by atoms with van der Waals surface area (Å²) in [5.41, 5.74) is 3.22. The molecular formula is C21H24O3. The lowest BCUT2D eigenvalue weighted by Gasteiger charge is -2.15. The van der Waals surface area contributed by atoms with Crippen molar-refractivity contribution in [1.82, 2.24) is 0 Å². The zero-order chi connectivity index (χ0) is 17.4. The minimum atomic E-state index is -0.326. The van der Waals surface area contributed by atoms with Crippen LogP contribution >= 0.6 is 0 Å². The fourth-order valence-electron chi connectivity index (χ4n) is 2.34. The first kappa shape index (κ1) is 17.8. The molecule has 0 aliphatic heterocycles. The first-order chi connectivity index (χ1) is 11.6. The van der Waals surface area contributed by atoms with Gasteiger partial charge in [-0.2, -0.15) is 0 Å². The third-order valence-electron chi connectivity index (χ3n) is 3.59. The first-order valence-electron chi connectivity index (χ1n) is 8.25. The molecule has 3 nitrogen and oxygen atoms in total. The van der Waals surface area contributed by atoms with Crippen molar-refractivity contribution >= 4 is 12.0 Å². The highest BCUT2D eigenvalue weighted by Gasteiger charge is 2.09. The molecule has 0 aliphatic carbocycles. The second kappa shape index (κ2) is 8.92. The fraction of sp³-hybridized carbons (Fsp3) is 0.286. The Hall–Kier alpha value is -2.55. The van der Waals surface area contributed by atoms with Crippen LogP contribution in [0.2, 0.25) is 0 Å². The van der Waals surface area contributed by atoms with Crippen molar-refractivity contribution in [1.29, 1.82) is 0 Å². The molecule has 2 rings (SSSR count). The lowest BCUT2D eigenvalue weighted by Crippen LogP contribution is -2.01. The molecule has 0 spiro atoms. The largest absolute Gasteiger partial charge is 0.489 e. The molecule has 24 heavy (non-hydrogen) atoms. The van der Waals surface area contributed by atoms with Crippen LogP contribution in [0.15, 0.2) is 54.6 Å². The molecule has 0 aromatic heterocycles. The second-order valence-electron chi connectivity index (χ2n) is 5.81. The molecule has 2 aromatic rings. The van der Waals surface area contributed by atoms with Crippen LogP contribution < -0.4 is 4.74 Å². The Morgan fingerprint density at radius 3 is 2.54 bits per heavy atom. The minimum Gasteiger partial charge on any atom is -0.489 e. The quantitative estimate of drug-likeness (QED) is 0.533. The summed E-state index contributed by atoms with van der Waals surface area (Å²) in [6, 6.07) is 16.1. The number of rotatable bonds is 7. The highest BCUT2D eigenvalue weighted by Crippen LogP contribution is 2.28. The molecule has 3 heteroatoms. The van der Waals surface area contributed by atoms with E-state index in [4.69, 9.17) is 9.47 Å². The molecule has 0 N–H and O–H groups in total. The third kappa shape index (κ3) is 5.27. The zero-order valence-electron chi connectivity index (χ0n) is 14.5. The van der Waals surface area contributed by atoms with Gasteiger partial charge in [-0.15, -0.1) is 0 Å². The molecular weight excluding hydrogens is 300 g/mol. The van der Waals surface area contributed by atoms with Crippen molar-refractivity contribution in [2.45, 2.75) is 33.3 Å². The van der Waals surface area contributed by atoms with E-state index >= 15 is 0 Å². The normalized spacial score (nSPS) is 11.0. The predicted molar refractivity (Wildman–Crippen MR) is 97.0 cm³/mol. The number of esters is 1. The summed E-state index contributed by atoms with van der Waals surface area (Å²) in [5.74, 6) is 0.877. The van der Waals surface area contributed by atoms with Gasteiger partial charge in [0, 0.05) is 6.08 Å². The predicted octanol–water partition coefficient (Wildman–Crippen LogP) is 4.97. The van der Waals surface area contributed by atoms with Gasteiger partial charge in [0.05, 0.1) is 6.61 Å². The van der Waals surface area contributed by atoms with Crippen LogP contribution in [0, 0.1) is 0 Å². The topological polar surface area (TPSA) is 35.5 Å². The van der Waals surface area contributed by atoms with Gasteiger partial charge in [-0.3, -0.25) is 0 Å². The maximum Gasteiger partial charge on any atom is 0.330 e. The lowest BCUT2D eigenvalue weighted by atomic mass is 9.99. The van der Waals surface area contributed by atoms with E-state index in [0.29, 0.717) is 19.1 Å². The molecule has 2 aromatic carbocycles. The van der Waals surface area contributed by atoms with Crippen LogP contribution in [0.25, 0.3) is 6.08 Å². The Kier molecular flexibility index (Phi) is 6.62. The maximum atomic E-state index is 11.4. The fourth-order valence-corrected chi connectivity index (χ4v) is 2.34. The van der Waals surface area contributed by atoms with Crippen molar-refractivity contribution < 1.29 is 14.3 Å². The minimum absolute atomic E-state index is 0.326. The third-order valence-corrected chi connectivity index (χ3v) is 3.59. The first-order valence-corrected chi connectivity index (χ1v) is 8.25. The van der Waals surface area contributed by atoms with E-state index in [1.54, 1.807) is 13.0 Å². The molecule has 0 atom stereocenters. The van der Waals surface area contributed by atoms with Crippen LogP contribution in [0.5, 0.6) is 5.75 Å². The number of hydrogen-bond acceptors (Lipinski definition) is 3. The molecule has 0 bridgehead atoms. The molecule has 0 aliphatic rings. The van der Waals surface area contributed by atoms with Crippen molar-refractivity contribution in [3.63, 3.8) is 0 Å². The van der Waals surface area contributed by atoms with Crippen LogP contribution in [0.1, 0.15) is 43.4 Å². The maximum absolute atomic E-state index is 11.4. The van der Waals surface area contributed by atoms with Gasteiger partial charge in [0.1, 0.15) is 12.4 Å². The van der Waals surface area contributed by atoms with Gasteiger partial charge in [0.15, 0.2) is 0 Å². The molecule has 0 unspecified atom stereocenters. The molecule has 0 radical (unpaired) electrons. The number of ether oxygens (including phenoxy) is 2. The summed E-state index contributed by atoms with van der Waals surface area (Å²) in [6.07, 6.45) is 3.22. The Labute approximate surface area is 143 Å². The van der Waals surface area contributed by atoms with Gasteiger partial charge in [-0.05, 0) is 47.7 Å². The van der Waals surface area contributed by atoms with Gasteiger partial charge in [-0.25, -0.2) is 4.79 Å². The SMILES string of the molecule is CCOC(=O)C=Cc1ccc(OCc2ccccc2)c(C(C)C)c1. The Balaban J connectivity index is 2.13. The van der Waals surface area contributed by atoms with E-state index in [0.717, 1.165) is 22.4 Å². The zero-order valence-corrected chi connectivity index (χ0v) is 14.5. The number of carbonyl (C=O) groups is 1. The summed E-state index contributed by atoms with van der Waals surface area (Å²) in [6.45, 7) is 6.97. The van der Waals surface area contributed by atoms with E-state index in [-0.39, 0.29) is 5.97 Å². The van der Waals surface area contributed by atoms with Crippen molar-refractivity contribution in [2.75, 3.05) is 6.61 Å². The van der Waals surface area contributed by atoms with Gasteiger partial charge in [0.2, 0.25) is 0 Å². The van der Waals surface area contributed by atoms with Gasteiger partial charge in [0.25, 0.3) is 0 Å². The Morgan fingerprint density at radius 2 is 1.88 bits per heavy atom. The van der Waals surface area contributed by atoms with E-state index in [1.807, 2.05) is 42.5 Å². The molecule has 0 fully saturated rings. The molecule has 0 saturated carbocycles. The summed E-state index contributed by atoms with van der Waals surface area (Å²) in [4.78, 5) is 11.4. The van der Waals surface area contributed by atoms with Crippen LogP contribution in [-0.4, -0.2) is 12.6 Å². The van der Waals surface area contributed by atoms with Crippen molar-refractivity contribution in [2.24, 2.45) is 0 Å². The number of hydrogen-bond donors (Lipinski definition) is 0. The smallest absolute Gasteiger partial charge is 0.330 e. The van der Waals surface area contributed by atoms with Crippen molar-refractivity contribution in [3.05, 3.63) is 71.3 Å². The highest BCUT2D eigenvalue weighted by atomic mass is 16.5. The van der Waals surface area contributed by atoms with Crippen LogP contribution in [-0.2, 0) is 16.1 Å². The molecule has 0 saturated heterocycles. The summed E-state index contributed by atoms with van der Waals surface area (Å²) >= 11 is 0. The van der Waals surface area contributed by atoms with Gasteiger partial charge in [-0.1, -0.05) is 50.2 Å². The Bertz CT molecular complexity index is 687. The summed E-state index contributed by atoms with van der Waals surface area (Å²) in [7, 11) is 0. The molecule has 0 amide bonds. The van der Waals surface area contributed by atoms with Gasteiger partial charge >= 0.3 is 5.97 Å². The van der Waals surface area contributed by atoms with E-state index in [1.165, 1.54) is 6.08 Å². The van der Waals surface area contributed by atoms with E-state index in [9.17, 15) is 4.79 Å². The number of benzene rings is 2. The molecule has 126 valence electrons. The lowest BCUT2D eigenvalue weighted by molar-refractivity contribution is -0.137. The average molecular weight is 324 g/mol. The van der Waals surface area contributed by atoms with E-state index in [2.05, 4.69) is 19.9 Å². The van der Waals surface area contributed by atoms with Crippen LogP contribution in [0.3, 0.4) is 0 Å². The Morgan fingerprint density at radius 1 is 1.12 bits per heavy atom. The highest BCUT2D eigenvalue weighted by molar-refractivity contribution is 5.87. The van der Waals surface area contributed by atoms with Gasteiger partial charge < -0.3 is 9.47 Å². The number of carbonyl (C=O) groups excluding carboxylic acids is 1. The van der Waals surface area contributed by atoms with Crippen LogP contribution in [0.4, 0.5) is 0 Å². The monoisotopic (exact) mass is 324 g/mol. The second-order valence-corrected chi connectivity index (χ2v) is 5.81. The summed E-state index contributed by atoms with van der Waals surface area (Å²) < 4.78 is 10.9. The molecule has 0 heterocycles. The summed E-state index contributed by atoms with van der Waals surface area (Å²) in [5, 5.41) is 0. The van der Waals surface area contributed by atoms with E-state index < -0.39 is 0 Å².